The number of anilines is 2. The van der Waals surface area contributed by atoms with Crippen LogP contribution in [0.15, 0.2) is 24.3 Å². The Morgan fingerprint density at radius 3 is 2.10 bits per heavy atom. The summed E-state index contributed by atoms with van der Waals surface area (Å²) in [4.78, 5) is 38.4. The number of rotatable bonds is 3. The zero-order valence-electron chi connectivity index (χ0n) is 12.0. The fourth-order valence-electron chi connectivity index (χ4n) is 2.54. The zero-order chi connectivity index (χ0) is 15.6. The van der Waals surface area contributed by atoms with Crippen molar-refractivity contribution in [3.63, 3.8) is 0 Å². The molecule has 1 aromatic carbocycles. The molecule has 1 aliphatic rings. The highest BCUT2D eigenvalue weighted by atomic mass is 16.5. The molecule has 2 atom stereocenters. The molecule has 0 fully saturated rings. The number of carbonyl (C=O) groups is 3. The number of hydrogen-bond donors (Lipinski definition) is 0. The first-order valence-electron chi connectivity index (χ1n) is 6.28. The molecule has 0 aromatic heterocycles. The maximum atomic E-state index is 12.1. The lowest BCUT2D eigenvalue weighted by molar-refractivity contribution is -0.150. The molecule has 7 heteroatoms. The second-order valence-corrected chi connectivity index (χ2v) is 4.55. The fourth-order valence-corrected chi connectivity index (χ4v) is 2.54. The van der Waals surface area contributed by atoms with E-state index in [-0.39, 0.29) is 0 Å². The smallest absolute Gasteiger partial charge is 0.331 e. The molecule has 0 spiro atoms. The minimum Gasteiger partial charge on any atom is -0.467 e. The van der Waals surface area contributed by atoms with Crippen molar-refractivity contribution in [2.45, 2.75) is 12.1 Å². The molecule has 0 saturated heterocycles. The Balaban J connectivity index is 2.61. The quantitative estimate of drug-likeness (QED) is 0.584. The molecule has 21 heavy (non-hydrogen) atoms. The number of hydrogen-bond acceptors (Lipinski definition) is 6. The predicted octanol–water partition coefficient (Wildman–Crippen LogP) is 0.182. The monoisotopic (exact) mass is 292 g/mol. The van der Waals surface area contributed by atoms with Gasteiger partial charge in [-0.2, -0.15) is 0 Å². The number of likely N-dealkylation sites (N-methyl/N-ethyl adjacent to an activating group) is 1. The largest absolute Gasteiger partial charge is 0.467 e. The topological polar surface area (TPSA) is 76.2 Å². The van der Waals surface area contributed by atoms with Gasteiger partial charge in [0.25, 0.3) is 0 Å². The van der Waals surface area contributed by atoms with Crippen molar-refractivity contribution >= 4 is 29.7 Å². The van der Waals surface area contributed by atoms with E-state index >= 15 is 0 Å². The van der Waals surface area contributed by atoms with Crippen LogP contribution in [0, 0.1) is 0 Å². The molecule has 0 unspecified atom stereocenters. The maximum Gasteiger partial charge on any atom is 0.331 e. The average Bonchev–Trinajstić information content (AvgIpc) is 2.53. The van der Waals surface area contributed by atoms with Gasteiger partial charge in [0, 0.05) is 7.05 Å². The van der Waals surface area contributed by atoms with Crippen LogP contribution in [0.3, 0.4) is 0 Å². The van der Waals surface area contributed by atoms with E-state index in [1.54, 1.807) is 36.2 Å². The lowest BCUT2D eigenvalue weighted by atomic mass is 9.99. The lowest BCUT2D eigenvalue weighted by Gasteiger charge is -2.43. The van der Waals surface area contributed by atoms with Crippen LogP contribution in [0.4, 0.5) is 11.4 Å². The maximum absolute atomic E-state index is 12.1. The number of fused-ring (bicyclic) bond motifs is 1. The molecule has 7 nitrogen and oxygen atoms in total. The number of para-hydroxylation sites is 2. The summed E-state index contributed by atoms with van der Waals surface area (Å²) in [6.07, 6.45) is 0.517. The molecule has 0 radical (unpaired) electrons. The third-order valence-corrected chi connectivity index (χ3v) is 3.55. The molecule has 1 heterocycles. The van der Waals surface area contributed by atoms with E-state index in [4.69, 9.17) is 9.47 Å². The third kappa shape index (κ3) is 2.31. The van der Waals surface area contributed by atoms with Crippen LogP contribution in [-0.2, 0) is 23.9 Å². The predicted molar refractivity (Wildman–Crippen MR) is 75.0 cm³/mol. The standard InChI is InChI=1S/C14H16N2O5/c1-15-9-6-4-5-7-10(9)16(8-17)12(14(19)21-3)11(15)13(18)20-2/h4-8,11-12H,1-3H3/t11-,12+/m0/s1. The molecule has 112 valence electrons. The van der Waals surface area contributed by atoms with Crippen LogP contribution in [0.2, 0.25) is 0 Å². The summed E-state index contributed by atoms with van der Waals surface area (Å²) in [6.45, 7) is 0. The van der Waals surface area contributed by atoms with Crippen molar-refractivity contribution in [1.82, 2.24) is 0 Å². The molecular formula is C14H16N2O5. The summed E-state index contributed by atoms with van der Waals surface area (Å²) in [7, 11) is 4.11. The van der Waals surface area contributed by atoms with Crippen molar-refractivity contribution in [2.24, 2.45) is 0 Å². The summed E-state index contributed by atoms with van der Waals surface area (Å²) >= 11 is 0. The second kappa shape index (κ2) is 5.82. The summed E-state index contributed by atoms with van der Waals surface area (Å²) in [5.41, 5.74) is 1.19. The Morgan fingerprint density at radius 2 is 1.57 bits per heavy atom. The van der Waals surface area contributed by atoms with Crippen LogP contribution in [-0.4, -0.2) is 51.7 Å². The van der Waals surface area contributed by atoms with E-state index in [9.17, 15) is 14.4 Å². The minimum absolute atomic E-state index is 0.517. The Labute approximate surface area is 122 Å². The first kappa shape index (κ1) is 14.8. The average molecular weight is 292 g/mol. The van der Waals surface area contributed by atoms with Gasteiger partial charge in [-0.05, 0) is 12.1 Å². The van der Waals surface area contributed by atoms with Gasteiger partial charge >= 0.3 is 11.9 Å². The summed E-state index contributed by atoms with van der Waals surface area (Å²) < 4.78 is 9.50. The summed E-state index contributed by atoms with van der Waals surface area (Å²) in [5, 5.41) is 0. The Kier molecular flexibility index (Phi) is 4.11. The second-order valence-electron chi connectivity index (χ2n) is 4.55. The Hall–Kier alpha value is -2.57. The number of amides is 1. The SMILES string of the molecule is COC(=O)[C@@H]1[C@H](C(=O)OC)N(C=O)c2ccccc2N1C. The highest BCUT2D eigenvalue weighted by Crippen LogP contribution is 2.37. The van der Waals surface area contributed by atoms with E-state index in [1.165, 1.54) is 19.1 Å². The van der Waals surface area contributed by atoms with Crippen molar-refractivity contribution in [3.8, 4) is 0 Å². The number of nitrogens with zero attached hydrogens (tertiary/aromatic N) is 2. The van der Waals surface area contributed by atoms with E-state index in [0.717, 1.165) is 0 Å². The van der Waals surface area contributed by atoms with Crippen molar-refractivity contribution in [1.29, 1.82) is 0 Å². The number of carbonyl (C=O) groups excluding carboxylic acids is 3. The zero-order valence-corrected chi connectivity index (χ0v) is 12.0. The molecule has 1 aromatic rings. The molecular weight excluding hydrogens is 276 g/mol. The Morgan fingerprint density at radius 1 is 1.05 bits per heavy atom. The molecule has 2 rings (SSSR count). The number of benzene rings is 1. The molecule has 0 saturated carbocycles. The normalized spacial score (nSPS) is 20.5. The van der Waals surface area contributed by atoms with Crippen molar-refractivity contribution in [2.75, 3.05) is 31.1 Å². The number of ether oxygens (including phenoxy) is 2. The molecule has 0 aliphatic carbocycles. The van der Waals surface area contributed by atoms with E-state index in [1.807, 2.05) is 0 Å². The first-order chi connectivity index (χ1) is 10.1. The molecule has 1 amide bonds. The first-order valence-corrected chi connectivity index (χ1v) is 6.28. The Bertz CT molecular complexity index is 574. The van der Waals surface area contributed by atoms with Crippen LogP contribution in [0.25, 0.3) is 0 Å². The number of methoxy groups -OCH3 is 2. The van der Waals surface area contributed by atoms with Crippen LogP contribution >= 0.6 is 0 Å². The van der Waals surface area contributed by atoms with Crippen molar-refractivity contribution in [3.05, 3.63) is 24.3 Å². The number of esters is 2. The summed E-state index contributed by atoms with van der Waals surface area (Å²) in [6, 6.07) is 4.92. The fraction of sp³-hybridized carbons (Fsp3) is 0.357. The van der Waals surface area contributed by atoms with Gasteiger partial charge in [-0.25, -0.2) is 9.59 Å². The van der Waals surface area contributed by atoms with Gasteiger partial charge in [0.2, 0.25) is 6.41 Å². The minimum atomic E-state index is -1.10. The van der Waals surface area contributed by atoms with Gasteiger partial charge in [0.05, 0.1) is 25.6 Å². The highest BCUT2D eigenvalue weighted by molar-refractivity contribution is 6.01. The van der Waals surface area contributed by atoms with Gasteiger partial charge in [-0.15, -0.1) is 0 Å². The molecule has 0 N–H and O–H groups in total. The van der Waals surface area contributed by atoms with Gasteiger partial charge < -0.3 is 14.4 Å². The van der Waals surface area contributed by atoms with Crippen LogP contribution in [0.5, 0.6) is 0 Å². The lowest BCUT2D eigenvalue weighted by Crippen LogP contribution is -2.62. The van der Waals surface area contributed by atoms with Gasteiger partial charge in [-0.1, -0.05) is 12.1 Å². The summed E-state index contributed by atoms with van der Waals surface area (Å²) in [5.74, 6) is -1.30. The van der Waals surface area contributed by atoms with Gasteiger partial charge in [0.1, 0.15) is 0 Å². The van der Waals surface area contributed by atoms with Crippen LogP contribution in [0.1, 0.15) is 0 Å². The van der Waals surface area contributed by atoms with E-state index < -0.39 is 24.0 Å². The highest BCUT2D eigenvalue weighted by Gasteiger charge is 2.47. The van der Waals surface area contributed by atoms with Gasteiger partial charge in [-0.3, -0.25) is 9.69 Å². The molecule has 1 aliphatic heterocycles. The van der Waals surface area contributed by atoms with Crippen molar-refractivity contribution < 1.29 is 23.9 Å². The molecule has 0 bridgehead atoms. The van der Waals surface area contributed by atoms with Gasteiger partial charge in [0.15, 0.2) is 12.1 Å². The van der Waals surface area contributed by atoms with Crippen LogP contribution < -0.4 is 9.80 Å². The third-order valence-electron chi connectivity index (χ3n) is 3.55. The van der Waals surface area contributed by atoms with E-state index in [2.05, 4.69) is 0 Å². The van der Waals surface area contributed by atoms with E-state index in [0.29, 0.717) is 17.8 Å².